The van der Waals surface area contributed by atoms with Crippen molar-refractivity contribution in [2.75, 3.05) is 36.5 Å². The van der Waals surface area contributed by atoms with Gasteiger partial charge >= 0.3 is 0 Å². The molecule has 0 radical (unpaired) electrons. The highest BCUT2D eigenvalue weighted by atomic mass is 32.1. The van der Waals surface area contributed by atoms with Gasteiger partial charge in [0.15, 0.2) is 0 Å². The summed E-state index contributed by atoms with van der Waals surface area (Å²) in [5.74, 6) is -0.0564. The molecular formula is C15H16N2O2S. The van der Waals surface area contributed by atoms with Crippen LogP contribution in [0.25, 0.3) is 0 Å². The Labute approximate surface area is 122 Å². The number of carbonyl (C=O) groups excluding carboxylic acids is 1. The fourth-order valence-electron chi connectivity index (χ4n) is 2.18. The molecule has 1 aliphatic heterocycles. The summed E-state index contributed by atoms with van der Waals surface area (Å²) in [6.07, 6.45) is 0. The molecule has 0 bridgehead atoms. The molecule has 0 spiro atoms. The summed E-state index contributed by atoms with van der Waals surface area (Å²) in [7, 11) is 0. The molecule has 3 rings (SSSR count). The summed E-state index contributed by atoms with van der Waals surface area (Å²) >= 11 is 1.44. The minimum atomic E-state index is -0.0564. The van der Waals surface area contributed by atoms with Gasteiger partial charge in [-0.2, -0.15) is 0 Å². The molecule has 1 fully saturated rings. The van der Waals surface area contributed by atoms with Crippen molar-refractivity contribution in [1.29, 1.82) is 0 Å². The van der Waals surface area contributed by atoms with Gasteiger partial charge in [0.1, 0.15) is 0 Å². The van der Waals surface area contributed by atoms with E-state index < -0.39 is 0 Å². The third-order valence-electron chi connectivity index (χ3n) is 3.25. The molecular weight excluding hydrogens is 272 g/mol. The van der Waals surface area contributed by atoms with E-state index in [1.165, 1.54) is 17.0 Å². The number of carbonyl (C=O) groups is 1. The zero-order valence-electron chi connectivity index (χ0n) is 11.0. The van der Waals surface area contributed by atoms with Gasteiger partial charge in [0.25, 0.3) is 5.91 Å². The van der Waals surface area contributed by atoms with E-state index in [0.717, 1.165) is 36.9 Å². The van der Waals surface area contributed by atoms with Crippen LogP contribution in [0, 0.1) is 0 Å². The first-order valence-electron chi connectivity index (χ1n) is 6.60. The number of thiophene rings is 1. The van der Waals surface area contributed by atoms with Crippen LogP contribution in [0.15, 0.2) is 41.8 Å². The number of rotatable bonds is 3. The van der Waals surface area contributed by atoms with Crippen molar-refractivity contribution in [3.05, 3.63) is 46.7 Å². The van der Waals surface area contributed by atoms with E-state index >= 15 is 0 Å². The Balaban J connectivity index is 1.65. The summed E-state index contributed by atoms with van der Waals surface area (Å²) in [6, 6.07) is 11.7. The van der Waals surface area contributed by atoms with Crippen molar-refractivity contribution in [1.82, 2.24) is 0 Å². The number of nitrogens with one attached hydrogen (secondary N) is 1. The number of morpholine rings is 1. The van der Waals surface area contributed by atoms with Gasteiger partial charge in [-0.3, -0.25) is 4.79 Å². The lowest BCUT2D eigenvalue weighted by atomic mass is 10.2. The third kappa shape index (κ3) is 3.00. The van der Waals surface area contributed by atoms with Crippen molar-refractivity contribution < 1.29 is 9.53 Å². The molecule has 1 N–H and O–H groups in total. The van der Waals surface area contributed by atoms with Crippen LogP contribution in [-0.2, 0) is 4.74 Å². The molecule has 0 aliphatic carbocycles. The maximum absolute atomic E-state index is 11.9. The van der Waals surface area contributed by atoms with Gasteiger partial charge in [-0.1, -0.05) is 6.07 Å². The maximum atomic E-state index is 11.9. The second-order valence-electron chi connectivity index (χ2n) is 4.58. The normalized spacial score (nSPS) is 15.1. The Hall–Kier alpha value is -1.85. The van der Waals surface area contributed by atoms with Gasteiger partial charge in [-0.15, -0.1) is 11.3 Å². The maximum Gasteiger partial charge on any atom is 0.265 e. The summed E-state index contributed by atoms with van der Waals surface area (Å²) in [5.41, 5.74) is 1.99. The number of nitrogens with zero attached hydrogens (tertiary/aromatic N) is 1. The standard InChI is InChI=1S/C15H16N2O2S/c18-15(14-2-1-11-20-14)16-12-3-5-13(6-4-12)17-7-9-19-10-8-17/h1-6,11H,7-10H2,(H,16,18). The average Bonchev–Trinajstić information content (AvgIpc) is 3.03. The highest BCUT2D eigenvalue weighted by molar-refractivity contribution is 7.12. The van der Waals surface area contributed by atoms with E-state index in [4.69, 9.17) is 4.74 Å². The number of hydrogen-bond acceptors (Lipinski definition) is 4. The number of benzene rings is 1. The lowest BCUT2D eigenvalue weighted by Crippen LogP contribution is -2.36. The molecule has 0 unspecified atom stereocenters. The number of ether oxygens (including phenoxy) is 1. The molecule has 0 atom stereocenters. The summed E-state index contributed by atoms with van der Waals surface area (Å²) in [6.45, 7) is 3.38. The molecule has 1 saturated heterocycles. The van der Waals surface area contributed by atoms with E-state index in [-0.39, 0.29) is 5.91 Å². The van der Waals surface area contributed by atoms with Gasteiger partial charge < -0.3 is 15.0 Å². The molecule has 2 heterocycles. The zero-order valence-corrected chi connectivity index (χ0v) is 11.9. The van der Waals surface area contributed by atoms with Gasteiger partial charge in [0.2, 0.25) is 0 Å². The van der Waals surface area contributed by atoms with Crippen molar-refractivity contribution in [2.45, 2.75) is 0 Å². The lowest BCUT2D eigenvalue weighted by Gasteiger charge is -2.28. The van der Waals surface area contributed by atoms with E-state index in [9.17, 15) is 4.79 Å². The molecule has 2 aromatic rings. The number of hydrogen-bond donors (Lipinski definition) is 1. The van der Waals surface area contributed by atoms with Crippen LogP contribution < -0.4 is 10.2 Å². The lowest BCUT2D eigenvalue weighted by molar-refractivity contribution is 0.103. The molecule has 4 nitrogen and oxygen atoms in total. The average molecular weight is 288 g/mol. The Morgan fingerprint density at radius 3 is 2.55 bits per heavy atom. The van der Waals surface area contributed by atoms with Gasteiger partial charge in [-0.05, 0) is 35.7 Å². The predicted octanol–water partition coefficient (Wildman–Crippen LogP) is 2.84. The highest BCUT2D eigenvalue weighted by Gasteiger charge is 2.11. The van der Waals surface area contributed by atoms with Crippen LogP contribution in [0.5, 0.6) is 0 Å². The minimum absolute atomic E-state index is 0.0564. The first-order chi connectivity index (χ1) is 9.83. The van der Waals surface area contributed by atoms with Crippen LogP contribution in [0.4, 0.5) is 11.4 Å². The topological polar surface area (TPSA) is 41.6 Å². The SMILES string of the molecule is O=C(Nc1ccc(N2CCOCC2)cc1)c1cccs1. The highest BCUT2D eigenvalue weighted by Crippen LogP contribution is 2.20. The van der Waals surface area contributed by atoms with Crippen LogP contribution in [0.1, 0.15) is 9.67 Å². The second kappa shape index (κ2) is 6.07. The third-order valence-corrected chi connectivity index (χ3v) is 4.12. The first kappa shape index (κ1) is 13.1. The van der Waals surface area contributed by atoms with Crippen molar-refractivity contribution in [3.63, 3.8) is 0 Å². The van der Waals surface area contributed by atoms with Crippen LogP contribution in [0.3, 0.4) is 0 Å². The van der Waals surface area contributed by atoms with Crippen LogP contribution >= 0.6 is 11.3 Å². The summed E-state index contributed by atoms with van der Waals surface area (Å²) < 4.78 is 5.34. The number of anilines is 2. The fourth-order valence-corrected chi connectivity index (χ4v) is 2.80. The molecule has 1 aliphatic rings. The van der Waals surface area contributed by atoms with Crippen LogP contribution in [-0.4, -0.2) is 32.2 Å². The zero-order chi connectivity index (χ0) is 13.8. The fraction of sp³-hybridized carbons (Fsp3) is 0.267. The Bertz CT molecular complexity index is 560. The van der Waals surface area contributed by atoms with Crippen molar-refractivity contribution >= 4 is 28.6 Å². The molecule has 1 amide bonds. The molecule has 20 heavy (non-hydrogen) atoms. The molecule has 5 heteroatoms. The monoisotopic (exact) mass is 288 g/mol. The van der Waals surface area contributed by atoms with Crippen LogP contribution in [0.2, 0.25) is 0 Å². The van der Waals surface area contributed by atoms with Gasteiger partial charge in [0, 0.05) is 24.5 Å². The van der Waals surface area contributed by atoms with Crippen molar-refractivity contribution in [3.8, 4) is 0 Å². The number of amides is 1. The second-order valence-corrected chi connectivity index (χ2v) is 5.53. The van der Waals surface area contributed by atoms with E-state index in [1.54, 1.807) is 0 Å². The van der Waals surface area contributed by atoms with E-state index in [0.29, 0.717) is 0 Å². The Kier molecular flexibility index (Phi) is 3.99. The Morgan fingerprint density at radius 2 is 1.90 bits per heavy atom. The van der Waals surface area contributed by atoms with Gasteiger partial charge in [0.05, 0.1) is 18.1 Å². The smallest absolute Gasteiger partial charge is 0.265 e. The first-order valence-corrected chi connectivity index (χ1v) is 7.48. The van der Waals surface area contributed by atoms with Gasteiger partial charge in [-0.25, -0.2) is 0 Å². The quantitative estimate of drug-likeness (QED) is 0.944. The summed E-state index contributed by atoms with van der Waals surface area (Å²) in [4.78, 5) is 14.9. The molecule has 1 aromatic heterocycles. The molecule has 104 valence electrons. The molecule has 1 aromatic carbocycles. The molecule has 0 saturated carbocycles. The van der Waals surface area contributed by atoms with Crippen molar-refractivity contribution in [2.24, 2.45) is 0 Å². The summed E-state index contributed by atoms with van der Waals surface area (Å²) in [5, 5.41) is 4.80. The Morgan fingerprint density at radius 1 is 1.15 bits per heavy atom. The predicted molar refractivity (Wildman–Crippen MR) is 81.7 cm³/mol. The largest absolute Gasteiger partial charge is 0.378 e. The minimum Gasteiger partial charge on any atom is -0.378 e. The van der Waals surface area contributed by atoms with E-state index in [2.05, 4.69) is 10.2 Å². The van der Waals surface area contributed by atoms with E-state index in [1.807, 2.05) is 41.8 Å².